The second kappa shape index (κ2) is 17.1. The average Bonchev–Trinajstić information content (AvgIpc) is 2.54. The third-order valence-corrected chi connectivity index (χ3v) is 4.83. The van der Waals surface area contributed by atoms with Gasteiger partial charge in [0.25, 0.3) is 0 Å². The summed E-state index contributed by atoms with van der Waals surface area (Å²) < 4.78 is 0. The summed E-state index contributed by atoms with van der Waals surface area (Å²) in [5.41, 5.74) is 3.71. The lowest BCUT2D eigenvalue weighted by Crippen LogP contribution is -1.96. The van der Waals surface area contributed by atoms with Crippen LogP contribution >= 0.6 is 0 Å². The molecule has 0 aromatic heterocycles. The lowest BCUT2D eigenvalue weighted by atomic mass is 9.90. The first kappa shape index (κ1) is 21.7. The second-order valence-corrected chi connectivity index (χ2v) is 7.04. The number of unbranched alkanes of at least 4 members (excludes halogenated alkanes) is 8. The lowest BCUT2D eigenvalue weighted by molar-refractivity contribution is 0.591. The standard InChI is InChI=1S/C22H44/c1-5-9-13-14-15-16-20-22(19-12-8-4)21(17-10-6-2)18-11-7-3/h5-20H2,1-4H3. The summed E-state index contributed by atoms with van der Waals surface area (Å²) in [6.07, 6.45) is 22.3. The Kier molecular flexibility index (Phi) is 16.9. The van der Waals surface area contributed by atoms with E-state index in [0.29, 0.717) is 0 Å². The van der Waals surface area contributed by atoms with Crippen LogP contribution in [0, 0.1) is 0 Å². The first-order valence-corrected chi connectivity index (χ1v) is 10.5. The Labute approximate surface area is 142 Å². The van der Waals surface area contributed by atoms with E-state index >= 15 is 0 Å². The SMILES string of the molecule is CCCCCCCCC(CCCC)=C(CCCC)CCCC. The Morgan fingerprint density at radius 3 is 1.09 bits per heavy atom. The molecule has 0 aliphatic carbocycles. The summed E-state index contributed by atoms with van der Waals surface area (Å²) in [5.74, 6) is 0. The quantitative estimate of drug-likeness (QED) is 0.198. The van der Waals surface area contributed by atoms with E-state index in [4.69, 9.17) is 0 Å². The van der Waals surface area contributed by atoms with Gasteiger partial charge in [-0.25, -0.2) is 0 Å². The van der Waals surface area contributed by atoms with Gasteiger partial charge in [-0.15, -0.1) is 0 Å². The van der Waals surface area contributed by atoms with E-state index < -0.39 is 0 Å². The summed E-state index contributed by atoms with van der Waals surface area (Å²) in [7, 11) is 0. The van der Waals surface area contributed by atoms with Crippen molar-refractivity contribution in [1.29, 1.82) is 0 Å². The molecule has 0 aromatic rings. The van der Waals surface area contributed by atoms with Gasteiger partial charge in [0, 0.05) is 0 Å². The molecule has 0 radical (unpaired) electrons. The normalized spacial score (nSPS) is 10.9. The Morgan fingerprint density at radius 2 is 0.682 bits per heavy atom. The molecule has 0 aliphatic rings. The largest absolute Gasteiger partial charge is 0.0710 e. The molecule has 0 unspecified atom stereocenters. The van der Waals surface area contributed by atoms with E-state index in [1.165, 1.54) is 103 Å². The molecule has 0 aliphatic heterocycles. The molecule has 0 bridgehead atoms. The zero-order valence-corrected chi connectivity index (χ0v) is 16.3. The third-order valence-electron chi connectivity index (χ3n) is 4.83. The zero-order valence-electron chi connectivity index (χ0n) is 16.3. The minimum atomic E-state index is 1.34. The van der Waals surface area contributed by atoms with Crippen molar-refractivity contribution < 1.29 is 0 Å². The molecule has 0 spiro atoms. The fourth-order valence-corrected chi connectivity index (χ4v) is 3.25. The highest BCUT2D eigenvalue weighted by Gasteiger charge is 2.07. The fraction of sp³-hybridized carbons (Fsp3) is 0.909. The van der Waals surface area contributed by atoms with Gasteiger partial charge in [-0.3, -0.25) is 0 Å². The van der Waals surface area contributed by atoms with Crippen LogP contribution in [0.15, 0.2) is 11.1 Å². The average molecular weight is 309 g/mol. The summed E-state index contributed by atoms with van der Waals surface area (Å²) in [6.45, 7) is 9.30. The second-order valence-electron chi connectivity index (χ2n) is 7.04. The number of hydrogen-bond donors (Lipinski definition) is 0. The van der Waals surface area contributed by atoms with Gasteiger partial charge in [0.1, 0.15) is 0 Å². The first-order valence-electron chi connectivity index (χ1n) is 10.5. The first-order chi connectivity index (χ1) is 10.8. The van der Waals surface area contributed by atoms with E-state index in [2.05, 4.69) is 27.7 Å². The third kappa shape index (κ3) is 12.3. The van der Waals surface area contributed by atoms with Crippen molar-refractivity contribution in [2.75, 3.05) is 0 Å². The Bertz CT molecular complexity index is 239. The van der Waals surface area contributed by atoms with Gasteiger partial charge < -0.3 is 0 Å². The van der Waals surface area contributed by atoms with Crippen molar-refractivity contribution in [3.05, 3.63) is 11.1 Å². The van der Waals surface area contributed by atoms with Gasteiger partial charge in [0.15, 0.2) is 0 Å². The predicted octanol–water partition coefficient (Wildman–Crippen LogP) is 8.60. The maximum atomic E-state index is 2.33. The molecular weight excluding hydrogens is 264 g/mol. The minimum absolute atomic E-state index is 1.34. The Hall–Kier alpha value is -0.260. The van der Waals surface area contributed by atoms with E-state index in [-0.39, 0.29) is 0 Å². The molecule has 0 heteroatoms. The minimum Gasteiger partial charge on any atom is -0.0710 e. The van der Waals surface area contributed by atoms with Crippen molar-refractivity contribution >= 4 is 0 Å². The predicted molar refractivity (Wildman–Crippen MR) is 104 cm³/mol. The van der Waals surface area contributed by atoms with Crippen LogP contribution in [0.2, 0.25) is 0 Å². The molecule has 0 saturated heterocycles. The maximum absolute atomic E-state index is 2.33. The Balaban J connectivity index is 4.44. The molecule has 0 N–H and O–H groups in total. The van der Waals surface area contributed by atoms with Crippen molar-refractivity contribution in [1.82, 2.24) is 0 Å². The van der Waals surface area contributed by atoms with Crippen molar-refractivity contribution in [3.63, 3.8) is 0 Å². The molecule has 22 heavy (non-hydrogen) atoms. The molecule has 132 valence electrons. The van der Waals surface area contributed by atoms with Crippen molar-refractivity contribution in [3.8, 4) is 0 Å². The van der Waals surface area contributed by atoms with E-state index in [0.717, 1.165) is 0 Å². The lowest BCUT2D eigenvalue weighted by Gasteiger charge is -2.16. The Morgan fingerprint density at radius 1 is 0.364 bits per heavy atom. The molecule has 0 fully saturated rings. The van der Waals surface area contributed by atoms with E-state index in [9.17, 15) is 0 Å². The summed E-state index contributed by atoms with van der Waals surface area (Å²) >= 11 is 0. The number of rotatable bonds is 16. The highest BCUT2D eigenvalue weighted by Crippen LogP contribution is 2.27. The van der Waals surface area contributed by atoms with Gasteiger partial charge >= 0.3 is 0 Å². The van der Waals surface area contributed by atoms with Gasteiger partial charge in [0.05, 0.1) is 0 Å². The van der Waals surface area contributed by atoms with Crippen LogP contribution in [-0.4, -0.2) is 0 Å². The monoisotopic (exact) mass is 308 g/mol. The van der Waals surface area contributed by atoms with Crippen molar-refractivity contribution in [2.45, 2.75) is 130 Å². The van der Waals surface area contributed by atoms with Crippen LogP contribution in [0.4, 0.5) is 0 Å². The van der Waals surface area contributed by atoms with Crippen LogP contribution in [-0.2, 0) is 0 Å². The molecule has 0 heterocycles. The van der Waals surface area contributed by atoms with Crippen LogP contribution in [0.1, 0.15) is 130 Å². The van der Waals surface area contributed by atoms with E-state index in [1.807, 2.05) is 11.1 Å². The van der Waals surface area contributed by atoms with Gasteiger partial charge in [0.2, 0.25) is 0 Å². The molecule has 0 rings (SSSR count). The van der Waals surface area contributed by atoms with Gasteiger partial charge in [-0.1, -0.05) is 90.2 Å². The maximum Gasteiger partial charge on any atom is -0.0318 e. The van der Waals surface area contributed by atoms with Gasteiger partial charge in [-0.05, 0) is 51.4 Å². The van der Waals surface area contributed by atoms with Crippen LogP contribution < -0.4 is 0 Å². The van der Waals surface area contributed by atoms with E-state index in [1.54, 1.807) is 0 Å². The fourth-order valence-electron chi connectivity index (χ4n) is 3.25. The van der Waals surface area contributed by atoms with Crippen LogP contribution in [0.25, 0.3) is 0 Å². The number of allylic oxidation sites excluding steroid dienone is 2. The van der Waals surface area contributed by atoms with Crippen LogP contribution in [0.3, 0.4) is 0 Å². The van der Waals surface area contributed by atoms with Gasteiger partial charge in [-0.2, -0.15) is 0 Å². The molecule has 0 atom stereocenters. The molecule has 0 saturated carbocycles. The molecular formula is C22H44. The summed E-state index contributed by atoms with van der Waals surface area (Å²) in [4.78, 5) is 0. The van der Waals surface area contributed by atoms with Crippen molar-refractivity contribution in [2.24, 2.45) is 0 Å². The molecule has 0 amide bonds. The molecule has 0 nitrogen and oxygen atoms in total. The summed E-state index contributed by atoms with van der Waals surface area (Å²) in [5, 5.41) is 0. The molecule has 0 aromatic carbocycles. The topological polar surface area (TPSA) is 0 Å². The number of hydrogen-bond acceptors (Lipinski definition) is 0. The highest BCUT2D eigenvalue weighted by molar-refractivity contribution is 5.14. The summed E-state index contributed by atoms with van der Waals surface area (Å²) in [6, 6.07) is 0. The smallest absolute Gasteiger partial charge is 0.0318 e. The highest BCUT2D eigenvalue weighted by atomic mass is 14.1. The zero-order chi connectivity index (χ0) is 16.5. The van der Waals surface area contributed by atoms with Crippen LogP contribution in [0.5, 0.6) is 0 Å².